The predicted octanol–water partition coefficient (Wildman–Crippen LogP) is 6.23. The van der Waals surface area contributed by atoms with Gasteiger partial charge in [0.1, 0.15) is 6.54 Å². The van der Waals surface area contributed by atoms with Gasteiger partial charge >= 0.3 is 12.1 Å². The van der Waals surface area contributed by atoms with E-state index in [0.29, 0.717) is 32.2 Å². The number of anilines is 2. The standard InChI is InChI=1S/C32H29Cl2N7O4/c1-32(2)29(41(45)30(43)36-25-12-8-23(33)9-13-25)40(26-14-10-24(34)11-15-26)31(44)39(32)20-27(42)37-38-28(21-6-4-3-5-7-21)22-16-18-35-19-17-22/h3-19,29,45H,20H2,1-2H3,(H,36,43)(H,37,42). The van der Waals surface area contributed by atoms with E-state index in [9.17, 15) is 19.6 Å². The first-order valence-corrected chi connectivity index (χ1v) is 14.6. The molecule has 5 amide bonds. The summed E-state index contributed by atoms with van der Waals surface area (Å²) < 4.78 is 0. The summed E-state index contributed by atoms with van der Waals surface area (Å²) in [5, 5.41) is 19.6. The van der Waals surface area contributed by atoms with Crippen LogP contribution in [-0.4, -0.2) is 62.1 Å². The third-order valence-electron chi connectivity index (χ3n) is 7.24. The highest BCUT2D eigenvalue weighted by atomic mass is 35.5. The summed E-state index contributed by atoms with van der Waals surface area (Å²) in [6.45, 7) is 2.86. The van der Waals surface area contributed by atoms with Crippen LogP contribution in [0.4, 0.5) is 21.0 Å². The number of hydrogen-bond donors (Lipinski definition) is 3. The topological polar surface area (TPSA) is 130 Å². The van der Waals surface area contributed by atoms with Crippen LogP contribution in [0.25, 0.3) is 0 Å². The first-order chi connectivity index (χ1) is 21.6. The number of nitrogens with one attached hydrogen (secondary N) is 2. The van der Waals surface area contributed by atoms with E-state index in [1.54, 1.807) is 86.9 Å². The maximum absolute atomic E-state index is 14.0. The number of amides is 5. The highest BCUT2D eigenvalue weighted by Gasteiger charge is 2.56. The Balaban J connectivity index is 1.42. The van der Waals surface area contributed by atoms with Gasteiger partial charge in [0.05, 0.1) is 11.3 Å². The lowest BCUT2D eigenvalue weighted by molar-refractivity contribution is -0.124. The number of aromatic nitrogens is 1. The minimum atomic E-state index is -1.28. The van der Waals surface area contributed by atoms with Crippen LogP contribution in [0.3, 0.4) is 0 Å². The second-order valence-electron chi connectivity index (χ2n) is 10.6. The Hall–Kier alpha value is -4.97. The summed E-state index contributed by atoms with van der Waals surface area (Å²) in [7, 11) is 0. The molecule has 0 bridgehead atoms. The molecule has 13 heteroatoms. The quantitative estimate of drug-likeness (QED) is 0.119. The lowest BCUT2D eigenvalue weighted by Gasteiger charge is -2.38. The molecule has 0 saturated carbocycles. The first-order valence-electron chi connectivity index (χ1n) is 13.8. The van der Waals surface area contributed by atoms with Crippen LogP contribution in [0.1, 0.15) is 25.0 Å². The zero-order valence-electron chi connectivity index (χ0n) is 24.3. The maximum atomic E-state index is 14.0. The van der Waals surface area contributed by atoms with Crippen molar-refractivity contribution in [1.29, 1.82) is 0 Å². The number of nitrogens with zero attached hydrogens (tertiary/aromatic N) is 5. The molecular weight excluding hydrogens is 617 g/mol. The second kappa shape index (κ2) is 13.3. The molecule has 3 N–H and O–H groups in total. The van der Waals surface area contributed by atoms with Gasteiger partial charge in [-0.05, 0) is 74.5 Å². The number of rotatable bonds is 8. The van der Waals surface area contributed by atoms with Gasteiger partial charge in [-0.2, -0.15) is 10.2 Å². The van der Waals surface area contributed by atoms with Gasteiger partial charge in [-0.1, -0.05) is 53.5 Å². The number of halogens is 2. The van der Waals surface area contributed by atoms with Gasteiger partial charge in [0.25, 0.3) is 5.91 Å². The molecule has 1 saturated heterocycles. The van der Waals surface area contributed by atoms with Crippen molar-refractivity contribution in [3.05, 3.63) is 125 Å². The number of carbonyl (C=O) groups excluding carboxylic acids is 3. The Bertz CT molecular complexity index is 1660. The van der Waals surface area contributed by atoms with Crippen LogP contribution in [-0.2, 0) is 4.79 Å². The van der Waals surface area contributed by atoms with E-state index >= 15 is 0 Å². The fourth-order valence-electron chi connectivity index (χ4n) is 4.99. The number of hydrogen-bond acceptors (Lipinski definition) is 6. The van der Waals surface area contributed by atoms with E-state index in [0.717, 1.165) is 11.1 Å². The number of hydroxylamine groups is 2. The summed E-state index contributed by atoms with van der Waals surface area (Å²) in [6, 6.07) is 24.0. The molecule has 4 aromatic rings. The van der Waals surface area contributed by atoms with Gasteiger partial charge in [0.2, 0.25) is 0 Å². The third-order valence-corrected chi connectivity index (χ3v) is 7.75. The Labute approximate surface area is 269 Å². The first kappa shape index (κ1) is 31.5. The van der Waals surface area contributed by atoms with E-state index in [1.807, 2.05) is 30.3 Å². The molecule has 1 aromatic heterocycles. The normalized spacial score (nSPS) is 16.0. The van der Waals surface area contributed by atoms with Crippen molar-refractivity contribution in [3.63, 3.8) is 0 Å². The summed E-state index contributed by atoms with van der Waals surface area (Å²) >= 11 is 12.0. The van der Waals surface area contributed by atoms with Crippen molar-refractivity contribution in [2.24, 2.45) is 5.10 Å². The van der Waals surface area contributed by atoms with Crippen molar-refractivity contribution in [1.82, 2.24) is 20.4 Å². The zero-order valence-corrected chi connectivity index (χ0v) is 25.8. The Morgan fingerprint density at radius 2 is 1.49 bits per heavy atom. The minimum Gasteiger partial charge on any atom is -0.306 e. The van der Waals surface area contributed by atoms with E-state index in [-0.39, 0.29) is 0 Å². The molecule has 1 fully saturated rings. The van der Waals surface area contributed by atoms with E-state index in [1.165, 1.54) is 9.80 Å². The molecule has 0 spiro atoms. The maximum Gasteiger partial charge on any atom is 0.347 e. The smallest absolute Gasteiger partial charge is 0.306 e. The summed E-state index contributed by atoms with van der Waals surface area (Å²) in [5.41, 5.74) is 4.00. The van der Waals surface area contributed by atoms with Crippen LogP contribution in [0, 0.1) is 0 Å². The number of pyridine rings is 1. The molecule has 1 atom stereocenters. The summed E-state index contributed by atoms with van der Waals surface area (Å²) in [4.78, 5) is 47.1. The predicted molar refractivity (Wildman–Crippen MR) is 172 cm³/mol. The molecule has 2 heterocycles. The molecule has 230 valence electrons. The zero-order chi connectivity index (χ0) is 32.1. The van der Waals surface area contributed by atoms with Crippen molar-refractivity contribution >= 4 is 58.3 Å². The highest BCUT2D eigenvalue weighted by molar-refractivity contribution is 6.31. The second-order valence-corrected chi connectivity index (χ2v) is 11.5. The fraction of sp³-hybridized carbons (Fsp3) is 0.156. The summed E-state index contributed by atoms with van der Waals surface area (Å²) in [5.74, 6) is -0.592. The Morgan fingerprint density at radius 1 is 0.911 bits per heavy atom. The molecule has 1 unspecified atom stereocenters. The molecule has 0 aliphatic carbocycles. The molecule has 1 aliphatic heterocycles. The molecule has 0 radical (unpaired) electrons. The molecule has 11 nitrogen and oxygen atoms in total. The number of hydrazone groups is 1. The van der Waals surface area contributed by atoms with Crippen LogP contribution in [0.5, 0.6) is 0 Å². The number of benzene rings is 3. The van der Waals surface area contributed by atoms with Gasteiger partial charge in [0, 0.05) is 44.9 Å². The van der Waals surface area contributed by atoms with Crippen LogP contribution >= 0.6 is 23.2 Å². The SMILES string of the molecule is CC1(C)C(N(O)C(=O)Nc2ccc(Cl)cc2)N(c2ccc(Cl)cc2)C(=O)N1CC(=O)NN=C(c1ccccc1)c1ccncc1. The molecule has 45 heavy (non-hydrogen) atoms. The molecule has 3 aromatic carbocycles. The van der Waals surface area contributed by atoms with Crippen LogP contribution < -0.4 is 15.6 Å². The van der Waals surface area contributed by atoms with E-state index < -0.39 is 36.2 Å². The van der Waals surface area contributed by atoms with Crippen LogP contribution in [0.15, 0.2) is 108 Å². The minimum absolute atomic E-state index is 0.353. The van der Waals surface area contributed by atoms with Crippen molar-refractivity contribution in [2.75, 3.05) is 16.8 Å². The van der Waals surface area contributed by atoms with Gasteiger partial charge in [-0.25, -0.2) is 15.0 Å². The number of urea groups is 2. The Kier molecular flexibility index (Phi) is 9.33. The van der Waals surface area contributed by atoms with Crippen molar-refractivity contribution < 1.29 is 19.6 Å². The number of carbonyl (C=O) groups is 3. The van der Waals surface area contributed by atoms with Gasteiger partial charge in [-0.15, -0.1) is 0 Å². The van der Waals surface area contributed by atoms with Crippen LogP contribution in [0.2, 0.25) is 10.0 Å². The molecule has 1 aliphatic rings. The lowest BCUT2D eigenvalue weighted by atomic mass is 9.99. The van der Waals surface area contributed by atoms with Gasteiger partial charge in [-0.3, -0.25) is 19.9 Å². The van der Waals surface area contributed by atoms with Crippen molar-refractivity contribution in [2.45, 2.75) is 25.6 Å². The average Bonchev–Trinajstić information content (AvgIpc) is 3.23. The Morgan fingerprint density at radius 3 is 2.11 bits per heavy atom. The third kappa shape index (κ3) is 6.91. The summed E-state index contributed by atoms with van der Waals surface area (Å²) in [6.07, 6.45) is 1.98. The molecular formula is C32H29Cl2N7O4. The van der Waals surface area contributed by atoms with Gasteiger partial charge in [0.15, 0.2) is 6.17 Å². The van der Waals surface area contributed by atoms with E-state index in [4.69, 9.17) is 23.2 Å². The lowest BCUT2D eigenvalue weighted by Crippen LogP contribution is -2.58. The highest BCUT2D eigenvalue weighted by Crippen LogP contribution is 2.38. The van der Waals surface area contributed by atoms with E-state index in [2.05, 4.69) is 20.8 Å². The average molecular weight is 647 g/mol. The monoisotopic (exact) mass is 645 g/mol. The molecule has 5 rings (SSSR count). The van der Waals surface area contributed by atoms with Gasteiger partial charge < -0.3 is 10.2 Å². The largest absolute Gasteiger partial charge is 0.347 e. The fourth-order valence-corrected chi connectivity index (χ4v) is 5.25. The van der Waals surface area contributed by atoms with Crippen molar-refractivity contribution in [3.8, 4) is 0 Å².